The van der Waals surface area contributed by atoms with E-state index in [2.05, 4.69) is 50.2 Å². The first-order valence-corrected chi connectivity index (χ1v) is 10.1. The Morgan fingerprint density at radius 3 is 2.52 bits per heavy atom. The maximum atomic E-state index is 12.5. The van der Waals surface area contributed by atoms with Crippen molar-refractivity contribution in [3.8, 4) is 0 Å². The van der Waals surface area contributed by atoms with Crippen LogP contribution in [0.1, 0.15) is 41.0 Å². The van der Waals surface area contributed by atoms with Gasteiger partial charge in [0.15, 0.2) is 5.69 Å². The molecule has 2 saturated heterocycles. The number of nitrogens with zero attached hydrogens (tertiary/aromatic N) is 4. The fourth-order valence-electron chi connectivity index (χ4n) is 4.53. The normalized spacial score (nSPS) is 21.7. The predicted molar refractivity (Wildman–Crippen MR) is 102 cm³/mol. The summed E-state index contributed by atoms with van der Waals surface area (Å²) in [6.07, 6.45) is 4.60. The Balaban J connectivity index is 1.23. The maximum absolute atomic E-state index is 12.5. The quantitative estimate of drug-likeness (QED) is 0.812. The first-order chi connectivity index (χ1) is 13.2. The average molecular weight is 368 g/mol. The van der Waals surface area contributed by atoms with Crippen LogP contribution in [0.5, 0.6) is 0 Å². The van der Waals surface area contributed by atoms with E-state index in [4.69, 9.17) is 0 Å². The molecule has 0 saturated carbocycles. The number of likely N-dealkylation sites (tertiary alicyclic amines) is 2. The highest BCUT2D eigenvalue weighted by Crippen LogP contribution is 2.32. The smallest absolute Gasteiger partial charge is 0.278 e. The van der Waals surface area contributed by atoms with Gasteiger partial charge in [-0.15, -0.1) is 0 Å². The molecule has 1 aromatic carbocycles. The lowest BCUT2D eigenvalue weighted by Gasteiger charge is -2.34. The van der Waals surface area contributed by atoms with Gasteiger partial charge in [-0.1, -0.05) is 35.5 Å². The molecule has 27 heavy (non-hydrogen) atoms. The van der Waals surface area contributed by atoms with Gasteiger partial charge in [-0.2, -0.15) is 0 Å². The van der Waals surface area contributed by atoms with Crippen LogP contribution in [0.3, 0.4) is 0 Å². The number of hydrogen-bond acceptors (Lipinski definition) is 5. The van der Waals surface area contributed by atoms with Crippen molar-refractivity contribution >= 4 is 5.91 Å². The van der Waals surface area contributed by atoms with Crippen LogP contribution in [0.25, 0.3) is 0 Å². The summed E-state index contributed by atoms with van der Waals surface area (Å²) in [6.45, 7) is 6.96. The van der Waals surface area contributed by atoms with Gasteiger partial charge in [0, 0.05) is 26.2 Å². The van der Waals surface area contributed by atoms with Crippen LogP contribution in [-0.2, 0) is 6.42 Å². The second-order valence-corrected chi connectivity index (χ2v) is 7.91. The van der Waals surface area contributed by atoms with Crippen molar-refractivity contribution in [1.82, 2.24) is 20.1 Å². The van der Waals surface area contributed by atoms with E-state index in [9.17, 15) is 4.79 Å². The van der Waals surface area contributed by atoms with Crippen LogP contribution < -0.4 is 0 Å². The molecule has 0 unspecified atom stereocenters. The van der Waals surface area contributed by atoms with Gasteiger partial charge in [0.05, 0.1) is 0 Å². The first-order valence-electron chi connectivity index (χ1n) is 10.1. The van der Waals surface area contributed by atoms with Crippen molar-refractivity contribution in [2.45, 2.75) is 32.6 Å². The Kier molecular flexibility index (Phi) is 5.53. The summed E-state index contributed by atoms with van der Waals surface area (Å²) in [5.74, 6) is 1.46. The highest BCUT2D eigenvalue weighted by molar-refractivity contribution is 5.93. The lowest BCUT2D eigenvalue weighted by atomic mass is 9.83. The van der Waals surface area contributed by atoms with Gasteiger partial charge >= 0.3 is 0 Å². The lowest BCUT2D eigenvalue weighted by Crippen LogP contribution is -2.41. The number of carbonyl (C=O) groups excluding carboxylic acids is 1. The highest BCUT2D eigenvalue weighted by Gasteiger charge is 2.33. The third-order valence-electron chi connectivity index (χ3n) is 6.22. The van der Waals surface area contributed by atoms with Gasteiger partial charge in [0.25, 0.3) is 5.91 Å². The minimum atomic E-state index is -0.0388. The zero-order valence-corrected chi connectivity index (χ0v) is 16.0. The fraction of sp³-hybridized carbons (Fsp3) is 0.571. The van der Waals surface area contributed by atoms with E-state index in [1.54, 1.807) is 6.92 Å². The lowest BCUT2D eigenvalue weighted by molar-refractivity contribution is 0.0648. The summed E-state index contributed by atoms with van der Waals surface area (Å²) in [5, 5.41) is 7.48. The first kappa shape index (κ1) is 18.2. The summed E-state index contributed by atoms with van der Waals surface area (Å²) in [6, 6.07) is 10.7. The van der Waals surface area contributed by atoms with Crippen LogP contribution >= 0.6 is 0 Å². The van der Waals surface area contributed by atoms with Crippen molar-refractivity contribution in [3.63, 3.8) is 0 Å². The molecule has 0 bridgehead atoms. The zero-order valence-electron chi connectivity index (χ0n) is 16.0. The molecule has 1 atom stereocenters. The van der Waals surface area contributed by atoms with E-state index in [-0.39, 0.29) is 5.91 Å². The Labute approximate surface area is 160 Å². The number of piperidine rings is 1. The molecule has 2 aliphatic rings. The Hall–Kier alpha value is -2.21. The molecule has 0 aliphatic carbocycles. The Morgan fingerprint density at radius 1 is 1.07 bits per heavy atom. The van der Waals surface area contributed by atoms with E-state index in [0.29, 0.717) is 11.4 Å². The summed E-state index contributed by atoms with van der Waals surface area (Å²) in [7, 11) is 0. The summed E-state index contributed by atoms with van der Waals surface area (Å²) in [4.78, 5) is 17.1. The molecule has 2 aromatic rings. The van der Waals surface area contributed by atoms with Gasteiger partial charge in [0.1, 0.15) is 5.69 Å². The number of aryl methyl sites for hydroxylation is 1. The molecule has 3 heterocycles. The molecular formula is C21H28N4O2. The Morgan fingerprint density at radius 2 is 1.81 bits per heavy atom. The molecule has 2 aliphatic heterocycles. The molecule has 1 amide bonds. The number of benzene rings is 1. The number of carbonyl (C=O) groups is 1. The minimum absolute atomic E-state index is 0.0388. The molecule has 0 radical (unpaired) electrons. The fourth-order valence-corrected chi connectivity index (χ4v) is 4.53. The van der Waals surface area contributed by atoms with Gasteiger partial charge in [0.2, 0.25) is 0 Å². The summed E-state index contributed by atoms with van der Waals surface area (Å²) >= 11 is 0. The highest BCUT2D eigenvalue weighted by atomic mass is 16.6. The minimum Gasteiger partial charge on any atom is -0.337 e. The zero-order chi connectivity index (χ0) is 18.6. The predicted octanol–water partition coefficient (Wildman–Crippen LogP) is 2.79. The molecule has 4 rings (SSSR count). The standard InChI is InChI=1S/C21H28N4O2/c1-16-20(23-27-22-16)21(26)25-13-9-18(10-14-25)19-8-12-24(15-19)11-7-17-5-3-2-4-6-17/h2-6,18-19H,7-15H2,1H3/t19-/m0/s1. The van der Waals surface area contributed by atoms with Gasteiger partial charge in [-0.05, 0) is 61.7 Å². The molecule has 144 valence electrons. The van der Waals surface area contributed by atoms with Crippen LogP contribution in [-0.4, -0.2) is 58.7 Å². The van der Waals surface area contributed by atoms with E-state index >= 15 is 0 Å². The van der Waals surface area contributed by atoms with Crippen molar-refractivity contribution in [1.29, 1.82) is 0 Å². The third kappa shape index (κ3) is 4.21. The number of hydrogen-bond donors (Lipinski definition) is 0. The largest absolute Gasteiger partial charge is 0.337 e. The molecule has 0 spiro atoms. The van der Waals surface area contributed by atoms with Crippen molar-refractivity contribution < 1.29 is 9.42 Å². The molecular weight excluding hydrogens is 340 g/mol. The number of aromatic nitrogens is 2. The maximum Gasteiger partial charge on any atom is 0.278 e. The molecule has 2 fully saturated rings. The van der Waals surface area contributed by atoms with Crippen LogP contribution in [0.2, 0.25) is 0 Å². The summed E-state index contributed by atoms with van der Waals surface area (Å²) < 4.78 is 4.67. The second-order valence-electron chi connectivity index (χ2n) is 7.91. The topological polar surface area (TPSA) is 62.5 Å². The second kappa shape index (κ2) is 8.21. The Bertz CT molecular complexity index is 753. The van der Waals surface area contributed by atoms with Gasteiger partial charge in [-0.3, -0.25) is 4.79 Å². The summed E-state index contributed by atoms with van der Waals surface area (Å²) in [5.41, 5.74) is 2.36. The average Bonchev–Trinajstić information content (AvgIpc) is 3.36. The van der Waals surface area contributed by atoms with Crippen molar-refractivity contribution in [3.05, 3.63) is 47.3 Å². The van der Waals surface area contributed by atoms with Crippen LogP contribution in [0, 0.1) is 18.8 Å². The van der Waals surface area contributed by atoms with Gasteiger partial charge < -0.3 is 9.80 Å². The molecule has 0 N–H and O–H groups in total. The van der Waals surface area contributed by atoms with E-state index < -0.39 is 0 Å². The van der Waals surface area contributed by atoms with Crippen LogP contribution in [0.4, 0.5) is 0 Å². The third-order valence-corrected chi connectivity index (χ3v) is 6.22. The van der Waals surface area contributed by atoms with E-state index in [1.807, 2.05) is 4.90 Å². The molecule has 6 nitrogen and oxygen atoms in total. The van der Waals surface area contributed by atoms with Crippen molar-refractivity contribution in [2.24, 2.45) is 11.8 Å². The SMILES string of the molecule is Cc1nonc1C(=O)N1CCC([C@H]2CCN(CCc3ccccc3)C2)CC1. The van der Waals surface area contributed by atoms with E-state index in [1.165, 1.54) is 25.1 Å². The number of rotatable bonds is 5. The monoisotopic (exact) mass is 368 g/mol. The van der Waals surface area contributed by atoms with Crippen molar-refractivity contribution in [2.75, 3.05) is 32.7 Å². The van der Waals surface area contributed by atoms with E-state index in [0.717, 1.165) is 50.7 Å². The molecule has 6 heteroatoms. The number of amides is 1. The molecule has 1 aromatic heterocycles. The van der Waals surface area contributed by atoms with Gasteiger partial charge in [-0.25, -0.2) is 4.63 Å². The van der Waals surface area contributed by atoms with Crippen LogP contribution in [0.15, 0.2) is 35.0 Å².